The average molecular weight is 825 g/mol. The second-order valence-corrected chi connectivity index (χ2v) is 18.3. The molecule has 2 heterocycles. The van der Waals surface area contributed by atoms with Crippen molar-refractivity contribution in [3.63, 3.8) is 0 Å². The fourth-order valence-electron chi connectivity index (χ4n) is 12.7. The summed E-state index contributed by atoms with van der Waals surface area (Å²) >= 11 is 0. The van der Waals surface area contributed by atoms with Crippen LogP contribution < -0.4 is 0 Å². The van der Waals surface area contributed by atoms with Crippen LogP contribution in [-0.2, 0) is 18.3 Å². The molecule has 12 aromatic rings. The molecule has 302 valence electrons. The molecule has 0 N–H and O–H groups in total. The predicted octanol–water partition coefficient (Wildman–Crippen LogP) is 15.4. The molecule has 0 fully saturated rings. The van der Waals surface area contributed by atoms with Crippen molar-refractivity contribution in [1.82, 2.24) is 9.13 Å². The summed E-state index contributed by atoms with van der Waals surface area (Å²) in [5.41, 5.74) is 25.7. The van der Waals surface area contributed by atoms with E-state index in [0.29, 0.717) is 0 Å². The molecule has 0 saturated heterocycles. The van der Waals surface area contributed by atoms with E-state index in [2.05, 4.69) is 228 Å². The van der Waals surface area contributed by atoms with Gasteiger partial charge in [-0.25, -0.2) is 0 Å². The highest BCUT2D eigenvalue weighted by Gasteiger charge is 2.46. The molecular formula is C63H40N2. The van der Waals surface area contributed by atoms with Crippen LogP contribution in [0.1, 0.15) is 44.5 Å². The number of hydrogen-bond acceptors (Lipinski definition) is 0. The molecular weight excluding hydrogens is 785 g/mol. The average Bonchev–Trinajstić information content (AvgIpc) is 4.17. The minimum Gasteiger partial charge on any atom is -0.309 e. The van der Waals surface area contributed by atoms with Gasteiger partial charge in [-0.2, -0.15) is 0 Å². The molecule has 2 heteroatoms. The van der Waals surface area contributed by atoms with Gasteiger partial charge in [0.05, 0.1) is 27.5 Å². The van der Waals surface area contributed by atoms with Gasteiger partial charge in [-0.1, -0.05) is 170 Å². The SMILES string of the molecule is c1ccc(-n2c3ccc(C4(c5ccc6c(c5)c5ccc7c(c5n6-c5ccccc5)Cc5ccccc5-7)c5ccccc5-c5ccccc54)cc3c3ccc4c(c32)Cc2ccccc2-4)cc1. The Morgan fingerprint density at radius 3 is 1.17 bits per heavy atom. The molecule has 0 unspecified atom stereocenters. The van der Waals surface area contributed by atoms with Crippen molar-refractivity contribution in [3.8, 4) is 44.8 Å². The molecule has 0 saturated carbocycles. The van der Waals surface area contributed by atoms with E-state index in [0.717, 1.165) is 12.8 Å². The van der Waals surface area contributed by atoms with Gasteiger partial charge in [0.1, 0.15) is 0 Å². The summed E-state index contributed by atoms with van der Waals surface area (Å²) in [5, 5.41) is 5.14. The first kappa shape index (κ1) is 35.3. The van der Waals surface area contributed by atoms with Gasteiger partial charge in [0.25, 0.3) is 0 Å². The molecule has 2 nitrogen and oxygen atoms in total. The smallest absolute Gasteiger partial charge is 0.0714 e. The maximum atomic E-state index is 2.55. The zero-order valence-electron chi connectivity index (χ0n) is 35.6. The normalized spacial score (nSPS) is 13.8. The van der Waals surface area contributed by atoms with Crippen molar-refractivity contribution in [3.05, 3.63) is 263 Å². The third-order valence-electron chi connectivity index (χ3n) is 15.3. The topological polar surface area (TPSA) is 9.86 Å². The Morgan fingerprint density at radius 1 is 0.308 bits per heavy atom. The van der Waals surface area contributed by atoms with Crippen molar-refractivity contribution in [2.75, 3.05) is 0 Å². The maximum Gasteiger partial charge on any atom is 0.0714 e. The highest BCUT2D eigenvalue weighted by molar-refractivity contribution is 6.14. The zero-order valence-corrected chi connectivity index (χ0v) is 35.6. The number of para-hydroxylation sites is 2. The summed E-state index contributed by atoms with van der Waals surface area (Å²) in [7, 11) is 0. The second kappa shape index (κ2) is 12.9. The Labute approximate surface area is 376 Å². The van der Waals surface area contributed by atoms with Crippen LogP contribution in [-0.4, -0.2) is 9.13 Å². The van der Waals surface area contributed by atoms with E-state index in [4.69, 9.17) is 0 Å². The molecule has 0 radical (unpaired) electrons. The first-order chi connectivity index (χ1) is 32.3. The molecule has 0 bridgehead atoms. The van der Waals surface area contributed by atoms with Gasteiger partial charge in [0.15, 0.2) is 0 Å². The highest BCUT2D eigenvalue weighted by Crippen LogP contribution is 2.58. The first-order valence-corrected chi connectivity index (χ1v) is 22.9. The van der Waals surface area contributed by atoms with Gasteiger partial charge in [0, 0.05) is 45.8 Å². The molecule has 0 amide bonds. The van der Waals surface area contributed by atoms with Crippen LogP contribution in [0.5, 0.6) is 0 Å². The zero-order chi connectivity index (χ0) is 42.4. The Morgan fingerprint density at radius 2 is 0.708 bits per heavy atom. The third-order valence-corrected chi connectivity index (χ3v) is 15.3. The third kappa shape index (κ3) is 4.58. The molecule has 0 aliphatic heterocycles. The van der Waals surface area contributed by atoms with Gasteiger partial charge >= 0.3 is 0 Å². The van der Waals surface area contributed by atoms with Crippen molar-refractivity contribution in [2.45, 2.75) is 18.3 Å². The number of benzene rings is 10. The molecule has 0 atom stereocenters. The lowest BCUT2D eigenvalue weighted by molar-refractivity contribution is 0.771. The van der Waals surface area contributed by atoms with Gasteiger partial charge in [0.2, 0.25) is 0 Å². The van der Waals surface area contributed by atoms with Crippen LogP contribution in [0.15, 0.2) is 218 Å². The number of aromatic nitrogens is 2. The van der Waals surface area contributed by atoms with E-state index in [1.807, 2.05) is 0 Å². The Balaban J connectivity index is 1.04. The molecule has 3 aliphatic rings. The monoisotopic (exact) mass is 824 g/mol. The van der Waals surface area contributed by atoms with E-state index < -0.39 is 5.41 Å². The molecule has 3 aliphatic carbocycles. The highest BCUT2D eigenvalue weighted by atomic mass is 15.0. The largest absolute Gasteiger partial charge is 0.309 e. The lowest BCUT2D eigenvalue weighted by Crippen LogP contribution is -2.28. The fraction of sp³-hybridized carbons (Fsp3) is 0.0476. The predicted molar refractivity (Wildman–Crippen MR) is 269 cm³/mol. The molecule has 15 rings (SSSR count). The number of fused-ring (bicyclic) bond motifs is 17. The van der Waals surface area contributed by atoms with Gasteiger partial charge in [-0.3, -0.25) is 0 Å². The van der Waals surface area contributed by atoms with Crippen molar-refractivity contribution in [1.29, 1.82) is 0 Å². The van der Waals surface area contributed by atoms with Crippen LogP contribution in [0.2, 0.25) is 0 Å². The first-order valence-electron chi connectivity index (χ1n) is 22.9. The minimum absolute atomic E-state index is 0.585. The quantitative estimate of drug-likeness (QED) is 0.167. The standard InChI is InChI=1S/C63H40N2/c1-3-17-43(18-4-1)64-59-33-27-41(37-53(59)51-31-29-47-45-21-9-7-15-39(45)35-55(47)61(51)64)63(57-25-13-11-23-49(57)50-24-12-14-26-58(50)63)42-28-34-60-54(38-42)52-32-30-48-46-22-10-8-16-40(46)36-56(48)62(52)65(60)44-19-5-2-6-20-44/h1-34,37-38H,35-36H2. The van der Waals surface area contributed by atoms with Crippen LogP contribution in [0, 0.1) is 0 Å². The number of hydrogen-bond donors (Lipinski definition) is 0. The molecule has 10 aromatic carbocycles. The summed E-state index contributed by atoms with van der Waals surface area (Å²) in [6.45, 7) is 0. The summed E-state index contributed by atoms with van der Waals surface area (Å²) in [6, 6.07) is 82.5. The Kier molecular flexibility index (Phi) is 7.02. The van der Waals surface area contributed by atoms with E-state index in [1.165, 1.54) is 133 Å². The summed E-state index contributed by atoms with van der Waals surface area (Å²) in [4.78, 5) is 0. The van der Waals surface area contributed by atoms with Gasteiger partial charge < -0.3 is 9.13 Å². The number of rotatable bonds is 4. The van der Waals surface area contributed by atoms with E-state index in [9.17, 15) is 0 Å². The summed E-state index contributed by atoms with van der Waals surface area (Å²) in [6.07, 6.45) is 1.85. The van der Waals surface area contributed by atoms with Crippen molar-refractivity contribution >= 4 is 43.6 Å². The van der Waals surface area contributed by atoms with Crippen LogP contribution >= 0.6 is 0 Å². The van der Waals surface area contributed by atoms with E-state index in [1.54, 1.807) is 0 Å². The van der Waals surface area contributed by atoms with Crippen LogP contribution in [0.4, 0.5) is 0 Å². The Bertz CT molecular complexity index is 3730. The minimum atomic E-state index is -0.585. The lowest BCUT2D eigenvalue weighted by Gasteiger charge is -2.34. The fourth-order valence-corrected chi connectivity index (χ4v) is 12.7. The lowest BCUT2D eigenvalue weighted by atomic mass is 9.67. The Hall–Kier alpha value is -8.20. The van der Waals surface area contributed by atoms with Crippen molar-refractivity contribution in [2.24, 2.45) is 0 Å². The molecule has 0 spiro atoms. The second-order valence-electron chi connectivity index (χ2n) is 18.3. The summed E-state index contributed by atoms with van der Waals surface area (Å²) < 4.78 is 5.06. The van der Waals surface area contributed by atoms with Crippen molar-refractivity contribution < 1.29 is 0 Å². The van der Waals surface area contributed by atoms with Gasteiger partial charge in [-0.15, -0.1) is 0 Å². The van der Waals surface area contributed by atoms with Crippen LogP contribution in [0.25, 0.3) is 88.4 Å². The molecule has 65 heavy (non-hydrogen) atoms. The van der Waals surface area contributed by atoms with E-state index in [-0.39, 0.29) is 0 Å². The number of nitrogens with zero attached hydrogens (tertiary/aromatic N) is 2. The van der Waals surface area contributed by atoms with Crippen LogP contribution in [0.3, 0.4) is 0 Å². The summed E-state index contributed by atoms with van der Waals surface area (Å²) in [5.74, 6) is 0. The molecule has 2 aromatic heterocycles. The van der Waals surface area contributed by atoms with Gasteiger partial charge in [-0.05, 0) is 126 Å². The maximum absolute atomic E-state index is 2.55. The van der Waals surface area contributed by atoms with E-state index >= 15 is 0 Å².